The molecule has 1 aromatic carbocycles. The molecule has 1 amide bonds. The van der Waals surface area contributed by atoms with E-state index >= 15 is 0 Å². The number of nitrogens with zero attached hydrogens (tertiary/aromatic N) is 2. The molecule has 3 rings (SSSR count). The maximum Gasteiger partial charge on any atom is 0.247 e. The Morgan fingerprint density at radius 1 is 1.24 bits per heavy atom. The number of amides is 1. The van der Waals surface area contributed by atoms with Gasteiger partial charge in [0, 0.05) is 5.69 Å². The number of hydrogen-bond acceptors (Lipinski definition) is 4. The van der Waals surface area contributed by atoms with Crippen molar-refractivity contribution in [3.63, 3.8) is 0 Å². The average molecular weight is 373 g/mol. The van der Waals surface area contributed by atoms with Crippen LogP contribution < -0.4 is 5.32 Å². The van der Waals surface area contributed by atoms with Gasteiger partial charge in [-0.2, -0.15) is 5.10 Å². The zero-order valence-corrected chi connectivity index (χ0v) is 15.9. The van der Waals surface area contributed by atoms with Crippen LogP contribution in [0.2, 0.25) is 0 Å². The van der Waals surface area contributed by atoms with Crippen molar-refractivity contribution in [1.29, 1.82) is 0 Å². The molecule has 0 fully saturated rings. The van der Waals surface area contributed by atoms with Crippen LogP contribution in [0.25, 0.3) is 10.7 Å². The fourth-order valence-electron chi connectivity index (χ4n) is 2.71. The van der Waals surface area contributed by atoms with Crippen molar-refractivity contribution in [3.8, 4) is 10.7 Å². The summed E-state index contributed by atoms with van der Waals surface area (Å²) in [6.07, 6.45) is 0. The summed E-state index contributed by atoms with van der Waals surface area (Å²) in [7, 11) is 0. The van der Waals surface area contributed by atoms with E-state index in [0.717, 1.165) is 16.1 Å². The summed E-state index contributed by atoms with van der Waals surface area (Å²) in [5, 5.41) is 12.1. The minimum Gasteiger partial charge on any atom is -0.324 e. The Hall–Kier alpha value is -2.25. The van der Waals surface area contributed by atoms with Gasteiger partial charge in [0.25, 0.3) is 0 Å². The highest BCUT2D eigenvalue weighted by Gasteiger charge is 2.22. The summed E-state index contributed by atoms with van der Waals surface area (Å²) < 4.78 is 2.19. The molecular weight excluding hydrogens is 352 g/mol. The Balaban J connectivity index is 1.90. The smallest absolute Gasteiger partial charge is 0.247 e. The molecule has 0 radical (unpaired) electrons. The highest BCUT2D eigenvalue weighted by molar-refractivity contribution is 7.71. The predicted molar refractivity (Wildman–Crippen MR) is 105 cm³/mol. The summed E-state index contributed by atoms with van der Waals surface area (Å²) in [5.74, 6) is 0.882. The van der Waals surface area contributed by atoms with Crippen LogP contribution in [0.1, 0.15) is 38.3 Å². The highest BCUT2D eigenvalue weighted by atomic mass is 32.1. The fourth-order valence-corrected chi connectivity index (χ4v) is 3.71. The molecule has 7 heteroatoms. The van der Waals surface area contributed by atoms with Crippen molar-refractivity contribution in [3.05, 3.63) is 52.1 Å². The molecule has 0 saturated carbocycles. The molecule has 130 valence electrons. The Bertz CT molecular complexity index is 925. The Kier molecular flexibility index (Phi) is 5.15. The highest BCUT2D eigenvalue weighted by Crippen LogP contribution is 2.27. The molecule has 25 heavy (non-hydrogen) atoms. The number of nitrogens with one attached hydrogen (secondary N) is 2. The molecule has 0 bridgehead atoms. The lowest BCUT2D eigenvalue weighted by Crippen LogP contribution is -2.25. The first-order valence-corrected chi connectivity index (χ1v) is 9.38. The maximum absolute atomic E-state index is 12.8. The number of anilines is 1. The molecule has 0 aliphatic heterocycles. The number of hydrogen-bond donors (Lipinski definition) is 2. The van der Waals surface area contributed by atoms with Crippen molar-refractivity contribution < 1.29 is 4.79 Å². The van der Waals surface area contributed by atoms with Crippen molar-refractivity contribution in [2.75, 3.05) is 5.32 Å². The standard InChI is InChI=1S/C18H20N4OS2/c1-11(2)13-7-4-5-8-14(13)19-17(23)12(3)22-16(20-21-18(22)24)15-9-6-10-25-15/h4-12H,1-3H3,(H,19,23)(H,21,24)/t12-/m0/s1. The second-order valence-electron chi connectivity index (χ2n) is 6.11. The van der Waals surface area contributed by atoms with Gasteiger partial charge in [0.15, 0.2) is 10.6 Å². The molecule has 0 unspecified atom stereocenters. The van der Waals surface area contributed by atoms with Gasteiger partial charge in [-0.3, -0.25) is 14.5 Å². The number of para-hydroxylation sites is 1. The number of rotatable bonds is 5. The van der Waals surface area contributed by atoms with Gasteiger partial charge in [0.05, 0.1) is 4.88 Å². The van der Waals surface area contributed by atoms with E-state index in [4.69, 9.17) is 12.2 Å². The molecule has 2 heterocycles. The molecule has 5 nitrogen and oxygen atoms in total. The van der Waals surface area contributed by atoms with Crippen LogP contribution >= 0.6 is 23.6 Å². The van der Waals surface area contributed by atoms with Crippen LogP contribution in [0.4, 0.5) is 5.69 Å². The molecular formula is C18H20N4OS2. The van der Waals surface area contributed by atoms with Crippen molar-refractivity contribution >= 4 is 35.1 Å². The monoisotopic (exact) mass is 372 g/mol. The van der Waals surface area contributed by atoms with Crippen molar-refractivity contribution in [1.82, 2.24) is 14.8 Å². The molecule has 1 atom stereocenters. The quantitative estimate of drug-likeness (QED) is 0.620. The normalized spacial score (nSPS) is 12.3. The van der Waals surface area contributed by atoms with Crippen LogP contribution in [-0.2, 0) is 4.79 Å². The predicted octanol–water partition coefficient (Wildman–Crippen LogP) is 4.99. The first-order valence-electron chi connectivity index (χ1n) is 8.09. The summed E-state index contributed by atoms with van der Waals surface area (Å²) in [6.45, 7) is 6.04. The van der Waals surface area contributed by atoms with Gasteiger partial charge in [-0.15, -0.1) is 11.3 Å². The third-order valence-corrected chi connectivity index (χ3v) is 5.21. The zero-order valence-electron chi connectivity index (χ0n) is 14.3. The number of aromatic amines is 1. The van der Waals surface area contributed by atoms with E-state index in [1.54, 1.807) is 15.9 Å². The first kappa shape index (κ1) is 17.6. The summed E-state index contributed by atoms with van der Waals surface area (Å²) >= 11 is 6.91. The van der Waals surface area contributed by atoms with Gasteiger partial charge in [-0.1, -0.05) is 38.1 Å². The number of aromatic nitrogens is 3. The SMILES string of the molecule is CC(C)c1ccccc1NC(=O)[C@H](C)n1c(-c2cccs2)n[nH]c1=S. The number of benzene rings is 1. The van der Waals surface area contributed by atoms with E-state index in [-0.39, 0.29) is 5.91 Å². The largest absolute Gasteiger partial charge is 0.324 e. The zero-order chi connectivity index (χ0) is 18.0. The van der Waals surface area contributed by atoms with Crippen LogP contribution in [0.3, 0.4) is 0 Å². The second kappa shape index (κ2) is 7.33. The lowest BCUT2D eigenvalue weighted by atomic mass is 10.0. The molecule has 2 aromatic heterocycles. The molecule has 0 spiro atoms. The van der Waals surface area contributed by atoms with Crippen molar-refractivity contribution in [2.45, 2.75) is 32.7 Å². The third-order valence-electron chi connectivity index (χ3n) is 4.05. The molecule has 2 N–H and O–H groups in total. The van der Waals surface area contributed by atoms with Crippen LogP contribution in [0, 0.1) is 4.77 Å². The lowest BCUT2D eigenvalue weighted by molar-refractivity contribution is -0.118. The van der Waals surface area contributed by atoms with Gasteiger partial charge < -0.3 is 5.32 Å². The number of carbonyl (C=O) groups is 1. The first-order chi connectivity index (χ1) is 12.0. The van der Waals surface area contributed by atoms with Gasteiger partial charge in [-0.05, 0) is 48.1 Å². The lowest BCUT2D eigenvalue weighted by Gasteiger charge is -2.18. The van der Waals surface area contributed by atoms with E-state index in [9.17, 15) is 4.79 Å². The average Bonchev–Trinajstić information content (AvgIpc) is 3.23. The van der Waals surface area contributed by atoms with E-state index in [1.807, 2.05) is 48.7 Å². The third kappa shape index (κ3) is 3.57. The van der Waals surface area contributed by atoms with E-state index in [0.29, 0.717) is 16.5 Å². The van der Waals surface area contributed by atoms with Crippen LogP contribution in [0.5, 0.6) is 0 Å². The van der Waals surface area contributed by atoms with Crippen LogP contribution in [0.15, 0.2) is 41.8 Å². The topological polar surface area (TPSA) is 62.7 Å². The summed E-state index contributed by atoms with van der Waals surface area (Å²) in [4.78, 5) is 13.8. The minimum atomic E-state index is -0.483. The molecule has 0 saturated heterocycles. The molecule has 0 aliphatic carbocycles. The molecule has 3 aromatic rings. The fraction of sp³-hybridized carbons (Fsp3) is 0.278. The van der Waals surface area contributed by atoms with E-state index in [1.165, 1.54) is 0 Å². The minimum absolute atomic E-state index is 0.122. The van der Waals surface area contributed by atoms with Crippen LogP contribution in [-0.4, -0.2) is 20.7 Å². The second-order valence-corrected chi connectivity index (χ2v) is 7.44. The van der Waals surface area contributed by atoms with Gasteiger partial charge in [-0.25, -0.2) is 0 Å². The van der Waals surface area contributed by atoms with Gasteiger partial charge in [0.1, 0.15) is 6.04 Å². The number of carbonyl (C=O) groups excluding carboxylic acids is 1. The summed E-state index contributed by atoms with van der Waals surface area (Å²) in [5.41, 5.74) is 1.94. The maximum atomic E-state index is 12.8. The number of thiophene rings is 1. The molecule has 0 aliphatic rings. The van der Waals surface area contributed by atoms with E-state index < -0.39 is 6.04 Å². The summed E-state index contributed by atoms with van der Waals surface area (Å²) in [6, 6.07) is 11.3. The van der Waals surface area contributed by atoms with Gasteiger partial charge >= 0.3 is 0 Å². The number of H-pyrrole nitrogens is 1. The Labute approximate surface area is 155 Å². The van der Waals surface area contributed by atoms with Crippen molar-refractivity contribution in [2.24, 2.45) is 0 Å². The van der Waals surface area contributed by atoms with Gasteiger partial charge in [0.2, 0.25) is 5.91 Å². The Morgan fingerprint density at radius 2 is 2.00 bits per heavy atom. The Morgan fingerprint density at radius 3 is 2.68 bits per heavy atom. The van der Waals surface area contributed by atoms with E-state index in [2.05, 4.69) is 29.4 Å².